The Bertz CT molecular complexity index is 450. The highest BCUT2D eigenvalue weighted by Crippen LogP contribution is 2.27. The fraction of sp³-hybridized carbons (Fsp3) is 0.385. The highest BCUT2D eigenvalue weighted by atomic mass is 32.1. The van der Waals surface area contributed by atoms with Gasteiger partial charge in [-0.3, -0.25) is 0 Å². The normalized spacial score (nSPS) is 36.2. The average Bonchev–Trinajstić information content (AvgIpc) is 2.41. The maximum absolute atomic E-state index is 9.97. The summed E-state index contributed by atoms with van der Waals surface area (Å²) in [6.07, 6.45) is -3.84. The van der Waals surface area contributed by atoms with Gasteiger partial charge in [0.2, 0.25) is 0 Å². The summed E-state index contributed by atoms with van der Waals surface area (Å²) >= 11 is 3.95. The van der Waals surface area contributed by atoms with Crippen LogP contribution in [0, 0.1) is 0 Å². The van der Waals surface area contributed by atoms with Gasteiger partial charge in [0.05, 0.1) is 0 Å². The van der Waals surface area contributed by atoms with Crippen LogP contribution in [0.15, 0.2) is 36.1 Å². The summed E-state index contributed by atoms with van der Waals surface area (Å²) in [5.74, 6) is -0.233. The van der Waals surface area contributed by atoms with Crippen molar-refractivity contribution in [2.75, 3.05) is 0 Å². The Kier molecular flexibility index (Phi) is 4.49. The molecule has 0 aliphatic carbocycles. The van der Waals surface area contributed by atoms with Crippen molar-refractivity contribution < 1.29 is 25.2 Å². The molecule has 0 amide bonds. The molecule has 0 spiro atoms. The summed E-state index contributed by atoms with van der Waals surface area (Å²) in [6, 6.07) is 8.99. The van der Waals surface area contributed by atoms with E-state index in [4.69, 9.17) is 4.74 Å². The van der Waals surface area contributed by atoms with Crippen LogP contribution in [0.25, 0.3) is 6.08 Å². The van der Waals surface area contributed by atoms with Gasteiger partial charge in [-0.05, 0) is 11.6 Å². The first-order valence-electron chi connectivity index (χ1n) is 5.84. The van der Waals surface area contributed by atoms with Gasteiger partial charge in [0.25, 0.3) is 0 Å². The predicted octanol–water partition coefficient (Wildman–Crippen LogP) is 0.323. The molecule has 0 unspecified atom stereocenters. The van der Waals surface area contributed by atoms with E-state index in [1.807, 2.05) is 6.07 Å². The molecule has 0 aromatic heterocycles. The smallest absolute Gasteiger partial charge is 0.144 e. The molecular formula is C13H16O5S. The van der Waals surface area contributed by atoms with Gasteiger partial charge in [0.15, 0.2) is 0 Å². The van der Waals surface area contributed by atoms with Crippen LogP contribution in [0.1, 0.15) is 5.56 Å². The van der Waals surface area contributed by atoms with E-state index in [0.29, 0.717) is 0 Å². The summed E-state index contributed by atoms with van der Waals surface area (Å²) in [5.41, 5.74) is -0.248. The molecule has 1 aromatic rings. The van der Waals surface area contributed by atoms with Crippen molar-refractivity contribution in [3.05, 3.63) is 41.7 Å². The van der Waals surface area contributed by atoms with E-state index >= 15 is 0 Å². The van der Waals surface area contributed by atoms with Gasteiger partial charge >= 0.3 is 0 Å². The molecule has 5 nitrogen and oxygen atoms in total. The van der Waals surface area contributed by atoms with Gasteiger partial charge in [-0.25, -0.2) is 0 Å². The third-order valence-electron chi connectivity index (χ3n) is 2.99. The molecule has 104 valence electrons. The van der Waals surface area contributed by atoms with Gasteiger partial charge in [0.1, 0.15) is 35.6 Å². The van der Waals surface area contributed by atoms with E-state index in [-0.39, 0.29) is 5.76 Å². The van der Waals surface area contributed by atoms with Crippen molar-refractivity contribution in [3.63, 3.8) is 0 Å². The second-order valence-corrected chi connectivity index (χ2v) is 4.91. The maximum Gasteiger partial charge on any atom is 0.144 e. The Hall–Kier alpha value is -1.05. The summed E-state index contributed by atoms with van der Waals surface area (Å²) in [7, 11) is 0. The van der Waals surface area contributed by atoms with Crippen molar-refractivity contribution in [3.8, 4) is 0 Å². The Morgan fingerprint density at radius 3 is 2.32 bits per heavy atom. The second-order valence-electron chi connectivity index (χ2n) is 4.40. The average molecular weight is 284 g/mol. The topological polar surface area (TPSA) is 90.2 Å². The van der Waals surface area contributed by atoms with Gasteiger partial charge in [-0.1, -0.05) is 30.3 Å². The third kappa shape index (κ3) is 3.10. The standard InChI is InChI=1S/C13H16O5S/c14-8(6-7-4-2-1-3-5-7)12-10(16)9(15)11(17)13(19)18-12/h1-6,9-17,19H/t9-,10-,11-,12+,13+/m0/s1. The van der Waals surface area contributed by atoms with E-state index in [9.17, 15) is 20.4 Å². The lowest BCUT2D eigenvalue weighted by atomic mass is 9.98. The number of aliphatic hydroxyl groups excluding tert-OH is 4. The van der Waals surface area contributed by atoms with Gasteiger partial charge in [-0.15, -0.1) is 12.6 Å². The summed E-state index contributed by atoms with van der Waals surface area (Å²) in [5, 5.41) is 38.9. The zero-order valence-corrected chi connectivity index (χ0v) is 10.9. The molecule has 1 fully saturated rings. The summed E-state index contributed by atoms with van der Waals surface area (Å²) in [4.78, 5) is 0. The molecule has 6 heteroatoms. The Morgan fingerprint density at radius 2 is 1.68 bits per heavy atom. The van der Waals surface area contributed by atoms with E-state index in [1.54, 1.807) is 24.3 Å². The number of aliphatic hydroxyl groups is 4. The zero-order chi connectivity index (χ0) is 14.0. The SMILES string of the molecule is OC(=Cc1ccccc1)[C@H]1O[C@H](S)[C@@H](O)[C@@H](O)[C@@H]1O. The number of hydrogen-bond acceptors (Lipinski definition) is 6. The minimum absolute atomic E-state index is 0.233. The van der Waals surface area contributed by atoms with Crippen molar-refractivity contribution in [2.24, 2.45) is 0 Å². The molecule has 1 heterocycles. The lowest BCUT2D eigenvalue weighted by molar-refractivity contribution is -0.193. The zero-order valence-electron chi connectivity index (χ0n) is 10.00. The largest absolute Gasteiger partial charge is 0.509 e. The van der Waals surface area contributed by atoms with Crippen molar-refractivity contribution in [1.82, 2.24) is 0 Å². The van der Waals surface area contributed by atoms with Crippen LogP contribution in [-0.4, -0.2) is 50.3 Å². The molecule has 1 aromatic carbocycles. The predicted molar refractivity (Wildman–Crippen MR) is 72.7 cm³/mol. The van der Waals surface area contributed by atoms with Crippen LogP contribution in [0.3, 0.4) is 0 Å². The molecule has 2 rings (SSSR count). The minimum atomic E-state index is -1.42. The molecule has 4 N–H and O–H groups in total. The highest BCUT2D eigenvalue weighted by Gasteiger charge is 2.43. The fourth-order valence-electron chi connectivity index (χ4n) is 1.91. The minimum Gasteiger partial charge on any atom is -0.509 e. The molecule has 1 aliphatic heterocycles. The third-order valence-corrected chi connectivity index (χ3v) is 3.42. The first-order valence-corrected chi connectivity index (χ1v) is 6.35. The number of thiol groups is 1. The Labute approximate surface area is 116 Å². The van der Waals surface area contributed by atoms with Crippen LogP contribution < -0.4 is 0 Å². The molecular weight excluding hydrogens is 268 g/mol. The van der Waals surface area contributed by atoms with E-state index < -0.39 is 29.9 Å². The van der Waals surface area contributed by atoms with Crippen LogP contribution in [-0.2, 0) is 4.74 Å². The molecule has 0 saturated carbocycles. The second kappa shape index (κ2) is 5.94. The first-order chi connectivity index (χ1) is 9.00. The van der Waals surface area contributed by atoms with Crippen LogP contribution in [0.5, 0.6) is 0 Å². The molecule has 1 aliphatic rings. The first kappa shape index (κ1) is 14.4. The number of hydrogen-bond donors (Lipinski definition) is 5. The molecule has 0 radical (unpaired) electrons. The Balaban J connectivity index is 2.19. The van der Waals surface area contributed by atoms with Crippen molar-refractivity contribution in [2.45, 2.75) is 29.9 Å². The van der Waals surface area contributed by atoms with Gasteiger partial charge < -0.3 is 25.2 Å². The van der Waals surface area contributed by atoms with E-state index in [2.05, 4.69) is 12.6 Å². The molecule has 5 atom stereocenters. The monoisotopic (exact) mass is 284 g/mol. The number of rotatable bonds is 2. The molecule has 0 bridgehead atoms. The van der Waals surface area contributed by atoms with Gasteiger partial charge in [0, 0.05) is 0 Å². The maximum atomic E-state index is 9.97. The lowest BCUT2D eigenvalue weighted by Crippen LogP contribution is -2.56. The fourth-order valence-corrected chi connectivity index (χ4v) is 2.22. The summed E-state index contributed by atoms with van der Waals surface area (Å²) < 4.78 is 5.20. The van der Waals surface area contributed by atoms with Crippen LogP contribution >= 0.6 is 12.6 Å². The van der Waals surface area contributed by atoms with Crippen molar-refractivity contribution in [1.29, 1.82) is 0 Å². The summed E-state index contributed by atoms with van der Waals surface area (Å²) in [6.45, 7) is 0. The number of benzene rings is 1. The highest BCUT2D eigenvalue weighted by molar-refractivity contribution is 7.80. The molecule has 19 heavy (non-hydrogen) atoms. The van der Waals surface area contributed by atoms with E-state index in [1.165, 1.54) is 6.08 Å². The van der Waals surface area contributed by atoms with Crippen LogP contribution in [0.2, 0.25) is 0 Å². The number of ether oxygens (including phenoxy) is 1. The van der Waals surface area contributed by atoms with Crippen molar-refractivity contribution >= 4 is 18.7 Å². The molecule has 1 saturated heterocycles. The lowest BCUT2D eigenvalue weighted by Gasteiger charge is -2.38. The van der Waals surface area contributed by atoms with Gasteiger partial charge in [-0.2, -0.15) is 0 Å². The van der Waals surface area contributed by atoms with Crippen LogP contribution in [0.4, 0.5) is 0 Å². The van der Waals surface area contributed by atoms with E-state index in [0.717, 1.165) is 5.56 Å². The Morgan fingerprint density at radius 1 is 1.05 bits per heavy atom. The quantitative estimate of drug-likeness (QED) is 0.399.